The van der Waals surface area contributed by atoms with Gasteiger partial charge in [-0.2, -0.15) is 4.98 Å². The lowest BCUT2D eigenvalue weighted by Crippen LogP contribution is -2.44. The van der Waals surface area contributed by atoms with Crippen LogP contribution in [-0.4, -0.2) is 57.6 Å². The lowest BCUT2D eigenvalue weighted by Gasteiger charge is -2.34. The van der Waals surface area contributed by atoms with E-state index in [2.05, 4.69) is 44.3 Å². The molecule has 0 unspecified atom stereocenters. The number of hydrogen-bond acceptors (Lipinski definition) is 8. The highest BCUT2D eigenvalue weighted by Crippen LogP contribution is 2.27. The normalized spacial score (nSPS) is 14.2. The summed E-state index contributed by atoms with van der Waals surface area (Å²) in [5.74, 6) is 0.466. The van der Waals surface area contributed by atoms with Crippen LogP contribution >= 0.6 is 11.3 Å². The van der Waals surface area contributed by atoms with E-state index in [9.17, 15) is 4.79 Å². The number of anilines is 3. The van der Waals surface area contributed by atoms with Gasteiger partial charge in [0.05, 0.1) is 10.4 Å². The van der Waals surface area contributed by atoms with Crippen molar-refractivity contribution in [3.8, 4) is 21.6 Å². The number of aromatic nitrogens is 4. The summed E-state index contributed by atoms with van der Waals surface area (Å²) >= 11 is 1.59. The first-order valence-corrected chi connectivity index (χ1v) is 13.7. The molecule has 8 nitrogen and oxygen atoms in total. The van der Waals surface area contributed by atoms with Gasteiger partial charge in [0.2, 0.25) is 5.95 Å². The van der Waals surface area contributed by atoms with Crippen LogP contribution in [0.4, 0.5) is 17.3 Å². The fourth-order valence-corrected chi connectivity index (χ4v) is 5.47. The third kappa shape index (κ3) is 4.78. The van der Waals surface area contributed by atoms with E-state index in [0.29, 0.717) is 23.7 Å². The van der Waals surface area contributed by atoms with Crippen LogP contribution in [0.3, 0.4) is 0 Å². The molecule has 6 rings (SSSR count). The second-order valence-corrected chi connectivity index (χ2v) is 10.4. The summed E-state index contributed by atoms with van der Waals surface area (Å²) in [7, 11) is 2.16. The van der Waals surface area contributed by atoms with Crippen LogP contribution < -0.4 is 15.8 Å². The highest BCUT2D eigenvalue weighted by molar-refractivity contribution is 7.13. The molecule has 9 heteroatoms. The smallest absolute Gasteiger partial charge is 0.260 e. The number of nitrogens with zero attached hydrogens (tertiary/aromatic N) is 6. The van der Waals surface area contributed by atoms with Gasteiger partial charge in [0.15, 0.2) is 0 Å². The zero-order valence-electron chi connectivity index (χ0n) is 21.5. The lowest BCUT2D eigenvalue weighted by molar-refractivity contribution is 0.313. The third-order valence-electron chi connectivity index (χ3n) is 7.05. The molecule has 5 aromatic rings. The number of aryl methyl sites for hydroxylation is 1. The van der Waals surface area contributed by atoms with E-state index >= 15 is 0 Å². The van der Waals surface area contributed by atoms with Crippen LogP contribution in [0.5, 0.6) is 0 Å². The van der Waals surface area contributed by atoms with Crippen molar-refractivity contribution < 1.29 is 0 Å². The van der Waals surface area contributed by atoms with Crippen molar-refractivity contribution in [3.63, 3.8) is 0 Å². The molecule has 1 aliphatic heterocycles. The Hall–Kier alpha value is -4.08. The molecule has 3 aromatic heterocycles. The second-order valence-electron chi connectivity index (χ2n) is 9.49. The number of hydrogen-bond donors (Lipinski definition) is 1. The molecule has 0 bridgehead atoms. The van der Waals surface area contributed by atoms with E-state index in [1.54, 1.807) is 22.1 Å². The average molecular weight is 524 g/mol. The van der Waals surface area contributed by atoms with Crippen molar-refractivity contribution in [2.45, 2.75) is 13.5 Å². The van der Waals surface area contributed by atoms with Crippen molar-refractivity contribution in [3.05, 3.63) is 82.9 Å². The molecule has 0 aliphatic carbocycles. The van der Waals surface area contributed by atoms with Crippen LogP contribution in [0, 0.1) is 0 Å². The van der Waals surface area contributed by atoms with Crippen LogP contribution in [0.2, 0.25) is 0 Å². The number of nitrogens with one attached hydrogen (secondary N) is 1. The van der Waals surface area contributed by atoms with E-state index in [1.165, 1.54) is 5.69 Å². The summed E-state index contributed by atoms with van der Waals surface area (Å²) in [6.45, 7) is 6.68. The van der Waals surface area contributed by atoms with Crippen LogP contribution in [0.1, 0.15) is 6.92 Å². The molecule has 1 fully saturated rings. The number of likely N-dealkylation sites (N-methyl/N-ethyl adjacent to an activating group) is 1. The molecule has 0 atom stereocenters. The fourth-order valence-electron chi connectivity index (χ4n) is 4.84. The predicted octanol–water partition coefficient (Wildman–Crippen LogP) is 5.10. The molecule has 1 saturated heterocycles. The Morgan fingerprint density at radius 3 is 2.37 bits per heavy atom. The van der Waals surface area contributed by atoms with Crippen molar-refractivity contribution in [2.75, 3.05) is 43.4 Å². The van der Waals surface area contributed by atoms with Crippen LogP contribution in [-0.2, 0) is 6.54 Å². The lowest BCUT2D eigenvalue weighted by atomic mass is 10.0. The monoisotopic (exact) mass is 523 g/mol. The van der Waals surface area contributed by atoms with Crippen molar-refractivity contribution in [1.29, 1.82) is 0 Å². The number of piperazine rings is 1. The minimum Gasteiger partial charge on any atom is -0.369 e. The largest absolute Gasteiger partial charge is 0.369 e. The fraction of sp³-hybridized carbons (Fsp3) is 0.241. The molecule has 0 spiro atoms. The van der Waals surface area contributed by atoms with Gasteiger partial charge in [-0.05, 0) is 55.4 Å². The van der Waals surface area contributed by atoms with E-state index < -0.39 is 0 Å². The Morgan fingerprint density at radius 1 is 0.947 bits per heavy atom. The Kier molecular flexibility index (Phi) is 6.61. The molecule has 192 valence electrons. The molecule has 38 heavy (non-hydrogen) atoms. The minimum absolute atomic E-state index is 0.0632. The molecule has 1 N–H and O–H groups in total. The van der Waals surface area contributed by atoms with Gasteiger partial charge in [0.25, 0.3) is 5.56 Å². The number of rotatable bonds is 6. The molecule has 0 amide bonds. The number of thiazole rings is 1. The first kappa shape index (κ1) is 24.3. The first-order chi connectivity index (χ1) is 18.6. The summed E-state index contributed by atoms with van der Waals surface area (Å²) in [5.41, 5.74) is 7.10. The molecule has 0 saturated carbocycles. The molecule has 0 radical (unpaired) electrons. The molecular formula is C29H29N7OS. The molecular weight excluding hydrogens is 494 g/mol. The Labute approximate surface area is 225 Å². The van der Waals surface area contributed by atoms with Gasteiger partial charge in [-0.3, -0.25) is 14.3 Å². The standard InChI is InChI=1S/C29H29N7OS/c1-3-36-27-22(16-25(28(36)37)20-4-6-21(7-5-20)26-18-30-19-38-26)17-31-29(33-27)32-23-8-10-24(11-9-23)35-14-12-34(2)13-15-35/h4-11,16-19H,3,12-15H2,1-2H3,(H,31,32,33). The summed E-state index contributed by atoms with van der Waals surface area (Å²) in [4.78, 5) is 32.8. The summed E-state index contributed by atoms with van der Waals surface area (Å²) in [6, 6.07) is 18.3. The average Bonchev–Trinajstić information content (AvgIpc) is 3.49. The van der Waals surface area contributed by atoms with Crippen molar-refractivity contribution in [2.24, 2.45) is 0 Å². The predicted molar refractivity (Wildman–Crippen MR) is 155 cm³/mol. The van der Waals surface area contributed by atoms with Gasteiger partial charge in [-0.1, -0.05) is 24.3 Å². The van der Waals surface area contributed by atoms with Gasteiger partial charge < -0.3 is 15.1 Å². The maximum atomic E-state index is 13.5. The highest BCUT2D eigenvalue weighted by atomic mass is 32.1. The maximum absolute atomic E-state index is 13.5. The second kappa shape index (κ2) is 10.4. The minimum atomic E-state index is -0.0632. The Balaban J connectivity index is 1.26. The third-order valence-corrected chi connectivity index (χ3v) is 7.87. The zero-order valence-corrected chi connectivity index (χ0v) is 22.3. The van der Waals surface area contributed by atoms with Gasteiger partial charge in [-0.15, -0.1) is 11.3 Å². The van der Waals surface area contributed by atoms with E-state index in [1.807, 2.05) is 61.1 Å². The van der Waals surface area contributed by atoms with Gasteiger partial charge >= 0.3 is 0 Å². The molecule has 2 aromatic carbocycles. The van der Waals surface area contributed by atoms with Gasteiger partial charge in [0, 0.05) is 67.4 Å². The molecule has 1 aliphatic rings. The summed E-state index contributed by atoms with van der Waals surface area (Å²) in [6.07, 6.45) is 3.63. The van der Waals surface area contributed by atoms with Crippen LogP contribution in [0.15, 0.2) is 77.3 Å². The SMILES string of the molecule is CCn1c(=O)c(-c2ccc(-c3cncs3)cc2)cc2cnc(Nc3ccc(N4CCN(C)CC4)cc3)nc21. The topological polar surface area (TPSA) is 79.2 Å². The zero-order chi connectivity index (χ0) is 26.1. The summed E-state index contributed by atoms with van der Waals surface area (Å²) < 4.78 is 1.71. The Bertz CT molecular complexity index is 1600. The number of pyridine rings is 1. The summed E-state index contributed by atoms with van der Waals surface area (Å²) in [5, 5.41) is 4.12. The highest BCUT2D eigenvalue weighted by Gasteiger charge is 2.15. The Morgan fingerprint density at radius 2 is 1.68 bits per heavy atom. The van der Waals surface area contributed by atoms with Crippen molar-refractivity contribution >= 4 is 39.7 Å². The van der Waals surface area contributed by atoms with E-state index in [0.717, 1.165) is 53.3 Å². The number of fused-ring (bicyclic) bond motifs is 1. The van der Waals surface area contributed by atoms with E-state index in [-0.39, 0.29) is 5.56 Å². The molecule has 4 heterocycles. The van der Waals surface area contributed by atoms with Crippen LogP contribution in [0.25, 0.3) is 32.6 Å². The first-order valence-electron chi connectivity index (χ1n) is 12.8. The van der Waals surface area contributed by atoms with Gasteiger partial charge in [-0.25, -0.2) is 4.98 Å². The van der Waals surface area contributed by atoms with Gasteiger partial charge in [0.1, 0.15) is 5.65 Å². The van der Waals surface area contributed by atoms with Crippen molar-refractivity contribution in [1.82, 2.24) is 24.4 Å². The quantitative estimate of drug-likeness (QED) is 0.332. The van der Waals surface area contributed by atoms with E-state index in [4.69, 9.17) is 4.98 Å². The number of benzene rings is 2. The maximum Gasteiger partial charge on any atom is 0.260 e.